The highest BCUT2D eigenvalue weighted by Crippen LogP contribution is 2.42. The van der Waals surface area contributed by atoms with Gasteiger partial charge in [-0.15, -0.1) is 0 Å². The van der Waals surface area contributed by atoms with E-state index in [4.69, 9.17) is 35.4 Å². The van der Waals surface area contributed by atoms with E-state index in [0.29, 0.717) is 21.7 Å². The smallest absolute Gasteiger partial charge is 0.226 e. The average molecular weight is 579 g/mol. The molecule has 1 amide bonds. The van der Waals surface area contributed by atoms with Crippen LogP contribution < -0.4 is 10.6 Å². The highest BCUT2D eigenvalue weighted by atomic mass is 35.5. The molecule has 2 aromatic heterocycles. The minimum absolute atomic E-state index is 0.0698. The van der Waals surface area contributed by atoms with E-state index in [2.05, 4.69) is 38.1 Å². The Kier molecular flexibility index (Phi) is 7.93. The summed E-state index contributed by atoms with van der Waals surface area (Å²) in [6, 6.07) is 21.0. The number of hydrogen-bond acceptors (Lipinski definition) is 3. The van der Waals surface area contributed by atoms with Crippen molar-refractivity contribution >= 4 is 52.1 Å². The fourth-order valence-electron chi connectivity index (χ4n) is 5.28. The predicted molar refractivity (Wildman–Crippen MR) is 162 cm³/mol. The largest absolute Gasteiger partial charge is 0.352 e. The molecule has 200 valence electrons. The number of halogens is 2. The number of thiocarbonyl (C=S) groups is 1. The van der Waals surface area contributed by atoms with Gasteiger partial charge < -0.3 is 20.1 Å². The zero-order valence-electron chi connectivity index (χ0n) is 21.9. The van der Waals surface area contributed by atoms with Crippen LogP contribution in [0.5, 0.6) is 0 Å². The molecule has 0 unspecified atom stereocenters. The van der Waals surface area contributed by atoms with Crippen LogP contribution in [0.4, 0.5) is 5.69 Å². The van der Waals surface area contributed by atoms with E-state index in [9.17, 15) is 4.79 Å². The topological polar surface area (TPSA) is 62.2 Å². The molecule has 1 fully saturated rings. The first-order chi connectivity index (χ1) is 18.7. The van der Waals surface area contributed by atoms with Gasteiger partial charge in [0.1, 0.15) is 0 Å². The summed E-state index contributed by atoms with van der Waals surface area (Å²) in [5, 5.41) is 8.06. The zero-order valence-corrected chi connectivity index (χ0v) is 24.2. The molecule has 0 aliphatic carbocycles. The zero-order chi connectivity index (χ0) is 27.7. The number of nitrogens with one attached hydrogen (secondary N) is 2. The summed E-state index contributed by atoms with van der Waals surface area (Å²) >= 11 is 18.8. The first-order valence-electron chi connectivity index (χ1n) is 12.7. The van der Waals surface area contributed by atoms with Gasteiger partial charge in [0.25, 0.3) is 0 Å². The van der Waals surface area contributed by atoms with Crippen molar-refractivity contribution in [3.05, 3.63) is 111 Å². The summed E-state index contributed by atoms with van der Waals surface area (Å²) in [5.74, 6) is -0.0698. The summed E-state index contributed by atoms with van der Waals surface area (Å²) in [6.07, 6.45) is 2.06. The molecule has 1 aliphatic heterocycles. The second-order valence-electron chi connectivity index (χ2n) is 9.72. The van der Waals surface area contributed by atoms with E-state index in [1.54, 1.807) is 12.3 Å². The molecule has 0 bridgehead atoms. The SMILES string of the molecule is Cc1cccc(NC(=O)CCN2C(=S)N[C@@H](c3ccccn3)[C@H]2c2cc(C)n(-c3cccc(Cl)c3Cl)c2C)c1. The number of anilines is 1. The number of rotatable bonds is 7. The number of aryl methyl sites for hydroxylation is 2. The van der Waals surface area contributed by atoms with E-state index < -0.39 is 0 Å². The highest BCUT2D eigenvalue weighted by Gasteiger charge is 2.41. The molecule has 2 aromatic carbocycles. The summed E-state index contributed by atoms with van der Waals surface area (Å²) < 4.78 is 2.11. The number of nitrogens with zero attached hydrogens (tertiary/aromatic N) is 3. The van der Waals surface area contributed by atoms with Crippen LogP contribution in [-0.2, 0) is 4.79 Å². The number of aromatic nitrogens is 2. The molecule has 5 rings (SSSR count). The van der Waals surface area contributed by atoms with Gasteiger partial charge in [0.15, 0.2) is 5.11 Å². The molecular formula is C30H29Cl2N5OS. The quantitative estimate of drug-likeness (QED) is 0.229. The Labute approximate surface area is 244 Å². The standard InChI is InChI=1S/C30H29Cl2N5OS/c1-18-8-6-9-21(16-18)34-26(38)13-15-36-29(28(35-30(36)39)24-11-4-5-14-33-24)22-17-19(2)37(20(22)3)25-12-7-10-23(31)27(25)32/h4-12,14,16-17,28-29H,13,15H2,1-3H3,(H,34,38)(H,35,39)/t28-,29+/m0/s1. The third-order valence-electron chi connectivity index (χ3n) is 7.04. The molecule has 2 N–H and O–H groups in total. The third kappa shape index (κ3) is 5.53. The third-order valence-corrected chi connectivity index (χ3v) is 8.20. The van der Waals surface area contributed by atoms with Crippen molar-refractivity contribution in [1.82, 2.24) is 19.8 Å². The Morgan fingerprint density at radius 3 is 2.59 bits per heavy atom. The van der Waals surface area contributed by atoms with Crippen molar-refractivity contribution in [3.63, 3.8) is 0 Å². The summed E-state index contributed by atoms with van der Waals surface area (Å²) in [7, 11) is 0. The molecule has 39 heavy (non-hydrogen) atoms. The van der Waals surface area contributed by atoms with Crippen molar-refractivity contribution in [2.45, 2.75) is 39.3 Å². The number of amides is 1. The summed E-state index contributed by atoms with van der Waals surface area (Å²) in [5.41, 5.74) is 6.67. The van der Waals surface area contributed by atoms with Crippen LogP contribution >= 0.6 is 35.4 Å². The van der Waals surface area contributed by atoms with Crippen molar-refractivity contribution in [2.75, 3.05) is 11.9 Å². The predicted octanol–water partition coefficient (Wildman–Crippen LogP) is 7.11. The van der Waals surface area contributed by atoms with Gasteiger partial charge in [-0.25, -0.2) is 0 Å². The summed E-state index contributed by atoms with van der Waals surface area (Å²) in [4.78, 5) is 19.6. The molecule has 9 heteroatoms. The van der Waals surface area contributed by atoms with Gasteiger partial charge in [0, 0.05) is 36.2 Å². The normalized spacial score (nSPS) is 16.8. The second kappa shape index (κ2) is 11.4. The van der Waals surface area contributed by atoms with E-state index in [-0.39, 0.29) is 24.4 Å². The van der Waals surface area contributed by atoms with Crippen LogP contribution in [-0.4, -0.2) is 32.0 Å². The molecule has 6 nitrogen and oxygen atoms in total. The number of carbonyl (C=O) groups excluding carboxylic acids is 1. The van der Waals surface area contributed by atoms with Crippen molar-refractivity contribution in [2.24, 2.45) is 0 Å². The minimum atomic E-state index is -0.192. The van der Waals surface area contributed by atoms with Crippen molar-refractivity contribution in [1.29, 1.82) is 0 Å². The number of pyridine rings is 1. The molecule has 3 heterocycles. The van der Waals surface area contributed by atoms with Crippen molar-refractivity contribution < 1.29 is 4.79 Å². The average Bonchev–Trinajstić information content (AvgIpc) is 3.39. The lowest BCUT2D eigenvalue weighted by atomic mass is 9.96. The Morgan fingerprint density at radius 2 is 1.85 bits per heavy atom. The lowest BCUT2D eigenvalue weighted by Crippen LogP contribution is -2.32. The van der Waals surface area contributed by atoms with E-state index >= 15 is 0 Å². The maximum atomic E-state index is 12.9. The fraction of sp³-hybridized carbons (Fsp3) is 0.233. The number of benzene rings is 2. The van der Waals surface area contributed by atoms with Crippen LogP contribution in [0.3, 0.4) is 0 Å². The monoisotopic (exact) mass is 577 g/mol. The molecule has 2 atom stereocenters. The van der Waals surface area contributed by atoms with E-state index in [0.717, 1.165) is 39.6 Å². The molecule has 0 spiro atoms. The first-order valence-corrected chi connectivity index (χ1v) is 13.9. The second-order valence-corrected chi connectivity index (χ2v) is 10.9. The number of carbonyl (C=O) groups is 1. The van der Waals surface area contributed by atoms with Gasteiger partial charge in [0.2, 0.25) is 5.91 Å². The Balaban J connectivity index is 1.49. The van der Waals surface area contributed by atoms with Gasteiger partial charge >= 0.3 is 0 Å². The van der Waals surface area contributed by atoms with Gasteiger partial charge in [-0.1, -0.05) is 47.5 Å². The maximum Gasteiger partial charge on any atom is 0.226 e. The van der Waals surface area contributed by atoms with E-state index in [1.165, 1.54) is 0 Å². The van der Waals surface area contributed by atoms with Gasteiger partial charge in [-0.3, -0.25) is 9.78 Å². The first kappa shape index (κ1) is 27.2. The molecular weight excluding hydrogens is 549 g/mol. The van der Waals surface area contributed by atoms with Crippen LogP contribution in [0.25, 0.3) is 5.69 Å². The van der Waals surface area contributed by atoms with Crippen LogP contribution in [0, 0.1) is 20.8 Å². The van der Waals surface area contributed by atoms with Crippen LogP contribution in [0.15, 0.2) is 72.9 Å². The Hall–Kier alpha value is -3.39. The number of hydrogen-bond donors (Lipinski definition) is 2. The lowest BCUT2D eigenvalue weighted by molar-refractivity contribution is -0.116. The fourth-order valence-corrected chi connectivity index (χ4v) is 5.99. The Bertz CT molecular complexity index is 1540. The maximum absolute atomic E-state index is 12.9. The van der Waals surface area contributed by atoms with Gasteiger partial charge in [-0.2, -0.15) is 0 Å². The van der Waals surface area contributed by atoms with Crippen molar-refractivity contribution in [3.8, 4) is 5.69 Å². The van der Waals surface area contributed by atoms with E-state index in [1.807, 2.05) is 68.4 Å². The minimum Gasteiger partial charge on any atom is -0.352 e. The molecule has 0 radical (unpaired) electrons. The molecule has 4 aromatic rings. The van der Waals surface area contributed by atoms with Crippen LogP contribution in [0.1, 0.15) is 46.7 Å². The van der Waals surface area contributed by atoms with Gasteiger partial charge in [-0.05, 0) is 86.6 Å². The lowest BCUT2D eigenvalue weighted by Gasteiger charge is -2.28. The van der Waals surface area contributed by atoms with Crippen LogP contribution in [0.2, 0.25) is 10.0 Å². The molecule has 1 aliphatic rings. The van der Waals surface area contributed by atoms with Gasteiger partial charge in [0.05, 0.1) is 33.5 Å². The highest BCUT2D eigenvalue weighted by molar-refractivity contribution is 7.80. The molecule has 1 saturated heterocycles. The Morgan fingerprint density at radius 1 is 1.05 bits per heavy atom. The molecule has 0 saturated carbocycles. The summed E-state index contributed by atoms with van der Waals surface area (Å²) in [6.45, 7) is 6.56.